The van der Waals surface area contributed by atoms with E-state index in [1.165, 1.54) is 26.2 Å². The van der Waals surface area contributed by atoms with Gasteiger partial charge in [-0.05, 0) is 68.3 Å². The zero-order chi connectivity index (χ0) is 18.6. The summed E-state index contributed by atoms with van der Waals surface area (Å²) < 4.78 is 32.1. The van der Waals surface area contributed by atoms with E-state index in [2.05, 4.69) is 10.0 Å². The Morgan fingerprint density at radius 3 is 2.24 bits per heavy atom. The van der Waals surface area contributed by atoms with Crippen molar-refractivity contribution in [3.8, 4) is 5.75 Å². The molecule has 0 aliphatic carbocycles. The van der Waals surface area contributed by atoms with E-state index in [1.54, 1.807) is 18.2 Å². The molecule has 0 aliphatic rings. The molecule has 0 saturated heterocycles. The zero-order valence-corrected chi connectivity index (χ0v) is 15.5. The van der Waals surface area contributed by atoms with Crippen molar-refractivity contribution in [2.75, 3.05) is 12.4 Å². The second-order valence-corrected chi connectivity index (χ2v) is 7.52. The molecule has 6 nitrogen and oxygen atoms in total. The molecule has 0 aliphatic heterocycles. The SMILES string of the molecule is COc1ccc(S(=O)(=O)N[C@@H](C)C(=O)Nc2ccc(C)c(C)c2)cc1. The van der Waals surface area contributed by atoms with Crippen LogP contribution in [-0.2, 0) is 14.8 Å². The molecule has 2 aromatic rings. The maximum absolute atomic E-state index is 12.4. The normalized spacial score (nSPS) is 12.5. The molecular formula is C18H22N2O4S. The number of nitrogens with one attached hydrogen (secondary N) is 2. The second-order valence-electron chi connectivity index (χ2n) is 5.81. The van der Waals surface area contributed by atoms with Crippen LogP contribution in [-0.4, -0.2) is 27.5 Å². The van der Waals surface area contributed by atoms with Crippen molar-refractivity contribution in [1.29, 1.82) is 0 Å². The van der Waals surface area contributed by atoms with Crippen LogP contribution in [0, 0.1) is 13.8 Å². The number of benzene rings is 2. The molecule has 0 fully saturated rings. The Hall–Kier alpha value is -2.38. The molecule has 2 N–H and O–H groups in total. The van der Waals surface area contributed by atoms with E-state index in [0.717, 1.165) is 11.1 Å². The number of rotatable bonds is 6. The number of aryl methyl sites for hydroxylation is 2. The molecule has 2 rings (SSSR count). The molecule has 134 valence electrons. The van der Waals surface area contributed by atoms with Gasteiger partial charge >= 0.3 is 0 Å². The highest BCUT2D eigenvalue weighted by molar-refractivity contribution is 7.89. The van der Waals surface area contributed by atoms with Crippen LogP contribution < -0.4 is 14.8 Å². The molecule has 7 heteroatoms. The first kappa shape index (κ1) is 19.0. The van der Waals surface area contributed by atoms with Gasteiger partial charge in [0.15, 0.2) is 0 Å². The van der Waals surface area contributed by atoms with Crippen molar-refractivity contribution in [3.63, 3.8) is 0 Å². The lowest BCUT2D eigenvalue weighted by Crippen LogP contribution is -2.41. The van der Waals surface area contributed by atoms with E-state index in [0.29, 0.717) is 11.4 Å². The van der Waals surface area contributed by atoms with Gasteiger partial charge in [0, 0.05) is 5.69 Å². The molecule has 2 aromatic carbocycles. The maximum Gasteiger partial charge on any atom is 0.242 e. The van der Waals surface area contributed by atoms with Gasteiger partial charge in [-0.2, -0.15) is 4.72 Å². The Bertz CT molecular complexity index is 861. The summed E-state index contributed by atoms with van der Waals surface area (Å²) in [6.07, 6.45) is 0. The Morgan fingerprint density at radius 1 is 1.04 bits per heavy atom. The predicted octanol–water partition coefficient (Wildman–Crippen LogP) is 2.62. The van der Waals surface area contributed by atoms with E-state index in [4.69, 9.17) is 4.74 Å². The third kappa shape index (κ3) is 4.80. The van der Waals surface area contributed by atoms with Crippen LogP contribution in [0.15, 0.2) is 47.4 Å². The lowest BCUT2D eigenvalue weighted by Gasteiger charge is -2.15. The molecule has 25 heavy (non-hydrogen) atoms. The molecule has 1 atom stereocenters. The fourth-order valence-electron chi connectivity index (χ4n) is 2.18. The second kappa shape index (κ2) is 7.67. The minimum atomic E-state index is -3.80. The van der Waals surface area contributed by atoms with Crippen molar-refractivity contribution >= 4 is 21.6 Å². The summed E-state index contributed by atoms with van der Waals surface area (Å²) in [5, 5.41) is 2.72. The molecule has 0 heterocycles. The maximum atomic E-state index is 12.4. The molecule has 0 unspecified atom stereocenters. The van der Waals surface area contributed by atoms with Gasteiger partial charge in [-0.3, -0.25) is 4.79 Å². The van der Waals surface area contributed by atoms with Gasteiger partial charge in [0.1, 0.15) is 5.75 Å². The first-order valence-corrected chi connectivity index (χ1v) is 9.26. The highest BCUT2D eigenvalue weighted by Crippen LogP contribution is 2.17. The van der Waals surface area contributed by atoms with Crippen LogP contribution in [0.25, 0.3) is 0 Å². The first-order chi connectivity index (χ1) is 11.7. The average Bonchev–Trinajstić information content (AvgIpc) is 2.57. The van der Waals surface area contributed by atoms with Crippen LogP contribution in [0.3, 0.4) is 0 Å². The fourth-order valence-corrected chi connectivity index (χ4v) is 3.38. The van der Waals surface area contributed by atoms with Gasteiger partial charge in [0.2, 0.25) is 15.9 Å². The summed E-state index contributed by atoms with van der Waals surface area (Å²) >= 11 is 0. The molecule has 0 bridgehead atoms. The lowest BCUT2D eigenvalue weighted by molar-refractivity contribution is -0.117. The van der Waals surface area contributed by atoms with Gasteiger partial charge in [-0.15, -0.1) is 0 Å². The zero-order valence-electron chi connectivity index (χ0n) is 14.7. The number of methoxy groups -OCH3 is 1. The van der Waals surface area contributed by atoms with Crippen LogP contribution in [0.4, 0.5) is 5.69 Å². The highest BCUT2D eigenvalue weighted by Gasteiger charge is 2.22. The Balaban J connectivity index is 2.07. The van der Waals surface area contributed by atoms with Crippen molar-refractivity contribution in [2.24, 2.45) is 0 Å². The summed E-state index contributed by atoms with van der Waals surface area (Å²) in [5.41, 5.74) is 2.79. The van der Waals surface area contributed by atoms with Crippen LogP contribution in [0.2, 0.25) is 0 Å². The highest BCUT2D eigenvalue weighted by atomic mass is 32.2. The Labute approximate surface area is 148 Å². The Morgan fingerprint density at radius 2 is 1.68 bits per heavy atom. The molecular weight excluding hydrogens is 340 g/mol. The number of amides is 1. The van der Waals surface area contributed by atoms with Crippen molar-refractivity contribution < 1.29 is 17.9 Å². The standard InChI is InChI=1S/C18H22N2O4S/c1-12-5-6-15(11-13(12)2)19-18(21)14(3)20-25(22,23)17-9-7-16(24-4)8-10-17/h5-11,14,20H,1-4H3,(H,19,21)/t14-/m0/s1. The lowest BCUT2D eigenvalue weighted by atomic mass is 10.1. The summed E-state index contributed by atoms with van der Waals surface area (Å²) in [7, 11) is -2.30. The van der Waals surface area contributed by atoms with Crippen LogP contribution in [0.1, 0.15) is 18.1 Å². The number of sulfonamides is 1. The minimum Gasteiger partial charge on any atom is -0.497 e. The number of carbonyl (C=O) groups excluding carboxylic acids is 1. The monoisotopic (exact) mass is 362 g/mol. The number of hydrogen-bond donors (Lipinski definition) is 2. The van der Waals surface area contributed by atoms with Crippen molar-refractivity contribution in [2.45, 2.75) is 31.7 Å². The summed E-state index contributed by atoms with van der Waals surface area (Å²) in [5.74, 6) is 0.125. The minimum absolute atomic E-state index is 0.0686. The third-order valence-electron chi connectivity index (χ3n) is 3.87. The van der Waals surface area contributed by atoms with Gasteiger partial charge in [-0.1, -0.05) is 6.07 Å². The molecule has 1 amide bonds. The van der Waals surface area contributed by atoms with Crippen molar-refractivity contribution in [3.05, 3.63) is 53.6 Å². The molecule has 0 radical (unpaired) electrons. The molecule has 0 saturated carbocycles. The third-order valence-corrected chi connectivity index (χ3v) is 5.43. The fraction of sp³-hybridized carbons (Fsp3) is 0.278. The average molecular weight is 362 g/mol. The smallest absolute Gasteiger partial charge is 0.242 e. The first-order valence-electron chi connectivity index (χ1n) is 7.77. The molecule has 0 spiro atoms. The van der Waals surface area contributed by atoms with Crippen molar-refractivity contribution in [1.82, 2.24) is 4.72 Å². The summed E-state index contributed by atoms with van der Waals surface area (Å²) in [6, 6.07) is 10.6. The van der Waals surface area contributed by atoms with E-state index in [1.807, 2.05) is 26.0 Å². The van der Waals surface area contributed by atoms with Gasteiger partial charge < -0.3 is 10.1 Å². The van der Waals surface area contributed by atoms with Gasteiger partial charge in [-0.25, -0.2) is 8.42 Å². The summed E-state index contributed by atoms with van der Waals surface area (Å²) in [4.78, 5) is 12.3. The van der Waals surface area contributed by atoms with Gasteiger partial charge in [0.25, 0.3) is 0 Å². The van der Waals surface area contributed by atoms with Crippen LogP contribution in [0.5, 0.6) is 5.75 Å². The van der Waals surface area contributed by atoms with Crippen LogP contribution >= 0.6 is 0 Å². The van der Waals surface area contributed by atoms with E-state index in [-0.39, 0.29) is 4.90 Å². The van der Waals surface area contributed by atoms with Gasteiger partial charge in [0.05, 0.1) is 18.0 Å². The number of carbonyl (C=O) groups is 1. The molecule has 0 aromatic heterocycles. The van der Waals surface area contributed by atoms with E-state index < -0.39 is 22.0 Å². The number of anilines is 1. The van der Waals surface area contributed by atoms with E-state index >= 15 is 0 Å². The largest absolute Gasteiger partial charge is 0.497 e. The quantitative estimate of drug-likeness (QED) is 0.827. The topological polar surface area (TPSA) is 84.5 Å². The number of ether oxygens (including phenoxy) is 1. The Kier molecular flexibility index (Phi) is 5.81. The number of hydrogen-bond acceptors (Lipinski definition) is 4. The predicted molar refractivity (Wildman–Crippen MR) is 97.3 cm³/mol. The van der Waals surface area contributed by atoms with E-state index in [9.17, 15) is 13.2 Å². The summed E-state index contributed by atoms with van der Waals surface area (Å²) in [6.45, 7) is 5.42.